The number of thioether (sulfide) groups is 1. The van der Waals surface area contributed by atoms with E-state index in [1.165, 1.54) is 16.0 Å². The molecule has 17 heavy (non-hydrogen) atoms. The molecule has 0 radical (unpaired) electrons. The van der Waals surface area contributed by atoms with E-state index in [9.17, 15) is 4.79 Å². The number of benzene rings is 1. The molecule has 0 aliphatic rings. The average Bonchev–Trinajstić information content (AvgIpc) is 2.30. The number of esters is 1. The zero-order valence-corrected chi connectivity index (χ0v) is 11.8. The van der Waals surface area contributed by atoms with Gasteiger partial charge in [0.05, 0.1) is 6.61 Å². The quantitative estimate of drug-likeness (QED) is 0.590. The van der Waals surface area contributed by atoms with Gasteiger partial charge in [-0.05, 0) is 38.8 Å². The summed E-state index contributed by atoms with van der Waals surface area (Å²) in [5.41, 5.74) is 2.43. The van der Waals surface area contributed by atoms with Crippen LogP contribution in [0.2, 0.25) is 0 Å². The fourth-order valence-corrected chi connectivity index (χ4v) is 2.67. The molecule has 1 aromatic rings. The number of hydrogen-bond donors (Lipinski definition) is 0. The smallest absolute Gasteiger partial charge is 0.319 e. The first-order valence-electron chi connectivity index (χ1n) is 5.99. The largest absolute Gasteiger partial charge is 0.465 e. The lowest BCUT2D eigenvalue weighted by Crippen LogP contribution is -2.19. The van der Waals surface area contributed by atoms with Gasteiger partial charge in [-0.2, -0.15) is 0 Å². The summed E-state index contributed by atoms with van der Waals surface area (Å²) >= 11 is 1.60. The summed E-state index contributed by atoms with van der Waals surface area (Å²) in [5.74, 6) is -0.110. The van der Waals surface area contributed by atoms with Crippen molar-refractivity contribution in [1.82, 2.24) is 0 Å². The van der Waals surface area contributed by atoms with E-state index < -0.39 is 0 Å². The highest BCUT2D eigenvalue weighted by Crippen LogP contribution is 2.29. The number of carbonyl (C=O) groups is 1. The van der Waals surface area contributed by atoms with Crippen LogP contribution in [0, 0.1) is 13.8 Å². The Hall–Kier alpha value is -0.960. The molecule has 94 valence electrons. The Bertz CT molecular complexity index is 388. The van der Waals surface area contributed by atoms with Crippen LogP contribution in [0.5, 0.6) is 0 Å². The molecule has 1 aromatic carbocycles. The molecule has 0 fully saturated rings. The lowest BCUT2D eigenvalue weighted by atomic mass is 10.2. The SMILES string of the molecule is CCOC(=O)C(CC)Sc1cc(C)ccc1C. The van der Waals surface area contributed by atoms with Crippen LogP contribution in [0.1, 0.15) is 31.4 Å². The molecule has 0 aliphatic heterocycles. The van der Waals surface area contributed by atoms with Crippen molar-refractivity contribution in [3.63, 3.8) is 0 Å². The second kappa shape index (κ2) is 6.70. The molecule has 2 nitrogen and oxygen atoms in total. The van der Waals surface area contributed by atoms with E-state index >= 15 is 0 Å². The Kier molecular flexibility index (Phi) is 5.56. The highest BCUT2D eigenvalue weighted by Gasteiger charge is 2.19. The predicted octanol–water partition coefficient (Wildman–Crippen LogP) is 3.74. The van der Waals surface area contributed by atoms with E-state index in [0.29, 0.717) is 6.61 Å². The van der Waals surface area contributed by atoms with Gasteiger partial charge < -0.3 is 4.74 Å². The molecular formula is C14H20O2S. The van der Waals surface area contributed by atoms with Gasteiger partial charge in [-0.3, -0.25) is 4.79 Å². The third-order valence-electron chi connectivity index (χ3n) is 2.53. The Balaban J connectivity index is 2.80. The van der Waals surface area contributed by atoms with Crippen molar-refractivity contribution >= 4 is 17.7 Å². The normalized spacial score (nSPS) is 12.2. The first-order valence-corrected chi connectivity index (χ1v) is 6.87. The minimum Gasteiger partial charge on any atom is -0.465 e. The molecule has 0 N–H and O–H groups in total. The van der Waals surface area contributed by atoms with Crippen LogP contribution in [-0.4, -0.2) is 17.8 Å². The highest BCUT2D eigenvalue weighted by atomic mass is 32.2. The number of carbonyl (C=O) groups excluding carboxylic acids is 1. The Morgan fingerprint density at radius 3 is 2.65 bits per heavy atom. The summed E-state index contributed by atoms with van der Waals surface area (Å²) in [6, 6.07) is 6.31. The summed E-state index contributed by atoms with van der Waals surface area (Å²) in [4.78, 5) is 12.9. The molecule has 0 aromatic heterocycles. The molecule has 1 atom stereocenters. The van der Waals surface area contributed by atoms with Crippen LogP contribution in [0.15, 0.2) is 23.1 Å². The summed E-state index contributed by atoms with van der Waals surface area (Å²) in [7, 11) is 0. The molecule has 0 saturated carbocycles. The lowest BCUT2D eigenvalue weighted by molar-refractivity contribution is -0.142. The molecule has 0 amide bonds. The highest BCUT2D eigenvalue weighted by molar-refractivity contribution is 8.00. The van der Waals surface area contributed by atoms with Gasteiger partial charge in [-0.15, -0.1) is 11.8 Å². The maximum Gasteiger partial charge on any atom is 0.319 e. The third-order valence-corrected chi connectivity index (χ3v) is 4.04. The standard InChI is InChI=1S/C14H20O2S/c1-5-12(14(15)16-6-2)17-13-9-10(3)7-8-11(13)4/h7-9,12H,5-6H2,1-4H3. The molecule has 0 saturated heterocycles. The third kappa shape index (κ3) is 4.08. The molecule has 3 heteroatoms. The van der Waals surface area contributed by atoms with Gasteiger partial charge in [0.25, 0.3) is 0 Å². The van der Waals surface area contributed by atoms with Crippen molar-refractivity contribution in [3.8, 4) is 0 Å². The zero-order chi connectivity index (χ0) is 12.8. The number of ether oxygens (including phenoxy) is 1. The molecular weight excluding hydrogens is 232 g/mol. The van der Waals surface area contributed by atoms with Crippen molar-refractivity contribution in [2.24, 2.45) is 0 Å². The van der Waals surface area contributed by atoms with Gasteiger partial charge in [0.15, 0.2) is 0 Å². The molecule has 1 rings (SSSR count). The second-order valence-electron chi connectivity index (χ2n) is 4.04. The first-order chi connectivity index (χ1) is 8.08. The van der Waals surface area contributed by atoms with Crippen LogP contribution in [0.3, 0.4) is 0 Å². The van der Waals surface area contributed by atoms with Gasteiger partial charge >= 0.3 is 5.97 Å². The molecule has 0 spiro atoms. The number of hydrogen-bond acceptors (Lipinski definition) is 3. The maximum atomic E-state index is 11.7. The second-order valence-corrected chi connectivity index (χ2v) is 5.28. The summed E-state index contributed by atoms with van der Waals surface area (Å²) in [5, 5.41) is -0.101. The van der Waals surface area contributed by atoms with E-state index in [4.69, 9.17) is 4.74 Å². The Labute approximate surface area is 108 Å². The Morgan fingerprint density at radius 1 is 1.35 bits per heavy atom. The molecule has 0 heterocycles. The van der Waals surface area contributed by atoms with Crippen LogP contribution in [0.4, 0.5) is 0 Å². The molecule has 0 bridgehead atoms. The van der Waals surface area contributed by atoms with Crippen molar-refractivity contribution in [1.29, 1.82) is 0 Å². The number of rotatable bonds is 5. The van der Waals surface area contributed by atoms with E-state index in [-0.39, 0.29) is 11.2 Å². The van der Waals surface area contributed by atoms with Crippen molar-refractivity contribution in [2.45, 2.75) is 44.3 Å². The minimum atomic E-state index is -0.110. The van der Waals surface area contributed by atoms with Crippen LogP contribution in [0.25, 0.3) is 0 Å². The summed E-state index contributed by atoms with van der Waals surface area (Å²) in [6.45, 7) is 8.43. The number of aryl methyl sites for hydroxylation is 2. The van der Waals surface area contributed by atoms with E-state index in [1.54, 1.807) is 11.8 Å². The predicted molar refractivity (Wildman–Crippen MR) is 72.5 cm³/mol. The molecule has 0 aliphatic carbocycles. The van der Waals surface area contributed by atoms with Gasteiger partial charge in [0.2, 0.25) is 0 Å². The zero-order valence-electron chi connectivity index (χ0n) is 10.9. The van der Waals surface area contributed by atoms with Gasteiger partial charge in [-0.1, -0.05) is 24.6 Å². The summed E-state index contributed by atoms with van der Waals surface area (Å²) < 4.78 is 5.08. The van der Waals surface area contributed by atoms with E-state index in [2.05, 4.69) is 32.0 Å². The van der Waals surface area contributed by atoms with Crippen molar-refractivity contribution in [3.05, 3.63) is 29.3 Å². The van der Waals surface area contributed by atoms with Crippen LogP contribution in [-0.2, 0) is 9.53 Å². The van der Waals surface area contributed by atoms with Crippen molar-refractivity contribution < 1.29 is 9.53 Å². The van der Waals surface area contributed by atoms with E-state index in [0.717, 1.165) is 6.42 Å². The van der Waals surface area contributed by atoms with Crippen LogP contribution >= 0.6 is 11.8 Å². The average molecular weight is 252 g/mol. The molecule has 1 unspecified atom stereocenters. The summed E-state index contributed by atoms with van der Waals surface area (Å²) in [6.07, 6.45) is 0.789. The van der Waals surface area contributed by atoms with Gasteiger partial charge in [-0.25, -0.2) is 0 Å². The fraction of sp³-hybridized carbons (Fsp3) is 0.500. The topological polar surface area (TPSA) is 26.3 Å². The van der Waals surface area contributed by atoms with Crippen LogP contribution < -0.4 is 0 Å². The lowest BCUT2D eigenvalue weighted by Gasteiger charge is -2.15. The fourth-order valence-electron chi connectivity index (χ4n) is 1.52. The Morgan fingerprint density at radius 2 is 2.06 bits per heavy atom. The minimum absolute atomic E-state index is 0.101. The van der Waals surface area contributed by atoms with Crippen molar-refractivity contribution in [2.75, 3.05) is 6.61 Å². The monoisotopic (exact) mass is 252 g/mol. The van der Waals surface area contributed by atoms with Gasteiger partial charge in [0.1, 0.15) is 5.25 Å². The maximum absolute atomic E-state index is 11.7. The first kappa shape index (κ1) is 14.1. The van der Waals surface area contributed by atoms with Gasteiger partial charge in [0, 0.05) is 4.90 Å². The van der Waals surface area contributed by atoms with E-state index in [1.807, 2.05) is 13.8 Å².